The Kier molecular flexibility index (Phi) is 6.67. The van der Waals surface area contributed by atoms with Crippen LogP contribution in [0.15, 0.2) is 10.6 Å². The van der Waals surface area contributed by atoms with Crippen molar-refractivity contribution in [2.45, 2.75) is 51.6 Å². The second-order valence-corrected chi connectivity index (χ2v) is 7.66. The van der Waals surface area contributed by atoms with Crippen LogP contribution in [0.25, 0.3) is 0 Å². The molecule has 0 radical (unpaired) electrons. The average Bonchev–Trinajstić information content (AvgIpc) is 3.30. The Balaban J connectivity index is 1.62. The van der Waals surface area contributed by atoms with Crippen LogP contribution >= 0.6 is 0 Å². The third kappa shape index (κ3) is 4.84. The molecule has 146 valence electrons. The van der Waals surface area contributed by atoms with Gasteiger partial charge in [0.2, 0.25) is 5.91 Å². The molecule has 7 nitrogen and oxygen atoms in total. The smallest absolute Gasteiger partial charge is 0.226 e. The largest absolute Gasteiger partial charge is 0.381 e. The number of carbonyl (C=O) groups excluding carboxylic acids is 1. The fraction of sp³-hybridized carbons (Fsp3) is 0.789. The van der Waals surface area contributed by atoms with E-state index in [4.69, 9.17) is 14.0 Å². The lowest BCUT2D eigenvalue weighted by molar-refractivity contribution is -0.133. The van der Waals surface area contributed by atoms with Gasteiger partial charge in [-0.05, 0) is 46.2 Å². The molecule has 0 saturated carbocycles. The summed E-state index contributed by atoms with van der Waals surface area (Å²) in [5.41, 5.74) is 0.513. The molecular weight excluding hydrogens is 334 g/mol. The van der Waals surface area contributed by atoms with Crippen LogP contribution in [0, 0.1) is 5.41 Å². The minimum atomic E-state index is -0.438. The second-order valence-electron chi connectivity index (χ2n) is 7.66. The normalized spacial score (nSPS) is 22.7. The number of carbonyl (C=O) groups is 1. The highest BCUT2D eigenvalue weighted by Crippen LogP contribution is 2.34. The zero-order valence-electron chi connectivity index (χ0n) is 15.9. The Labute approximate surface area is 155 Å². The molecule has 0 spiro atoms. The number of aromatic nitrogens is 1. The maximum absolute atomic E-state index is 13.0. The van der Waals surface area contributed by atoms with Crippen LogP contribution in [0.2, 0.25) is 0 Å². The van der Waals surface area contributed by atoms with E-state index in [-0.39, 0.29) is 12.0 Å². The van der Waals surface area contributed by atoms with E-state index in [1.54, 1.807) is 0 Å². The molecule has 26 heavy (non-hydrogen) atoms. The van der Waals surface area contributed by atoms with Crippen molar-refractivity contribution in [3.05, 3.63) is 17.5 Å². The van der Waals surface area contributed by atoms with E-state index in [0.29, 0.717) is 32.1 Å². The minimum Gasteiger partial charge on any atom is -0.381 e. The predicted molar refractivity (Wildman–Crippen MR) is 97.0 cm³/mol. The molecule has 1 aromatic heterocycles. The Hall–Kier alpha value is -1.44. The van der Waals surface area contributed by atoms with Crippen molar-refractivity contribution in [3.63, 3.8) is 0 Å². The summed E-state index contributed by atoms with van der Waals surface area (Å²) in [7, 11) is 0. The molecule has 1 unspecified atom stereocenters. The molecule has 0 bridgehead atoms. The van der Waals surface area contributed by atoms with Crippen LogP contribution in [0.3, 0.4) is 0 Å². The molecule has 2 aliphatic rings. The van der Waals surface area contributed by atoms with Crippen LogP contribution in [-0.4, -0.2) is 56.6 Å². The van der Waals surface area contributed by atoms with Gasteiger partial charge in [-0.1, -0.05) is 5.16 Å². The van der Waals surface area contributed by atoms with Gasteiger partial charge in [-0.2, -0.15) is 0 Å². The molecule has 1 amide bonds. The highest BCUT2D eigenvalue weighted by molar-refractivity contribution is 5.83. The molecule has 3 heterocycles. The van der Waals surface area contributed by atoms with Crippen LogP contribution < -0.4 is 10.6 Å². The first-order valence-corrected chi connectivity index (χ1v) is 9.73. The van der Waals surface area contributed by atoms with Gasteiger partial charge in [0.05, 0.1) is 30.4 Å². The highest BCUT2D eigenvalue weighted by Gasteiger charge is 2.40. The van der Waals surface area contributed by atoms with Gasteiger partial charge in [-0.3, -0.25) is 4.79 Å². The number of ether oxygens (including phenoxy) is 2. The van der Waals surface area contributed by atoms with Crippen LogP contribution in [0.1, 0.15) is 50.5 Å². The predicted octanol–water partition coefficient (Wildman–Crippen LogP) is 1.63. The number of hydrogen-bond acceptors (Lipinski definition) is 6. The van der Waals surface area contributed by atoms with Crippen molar-refractivity contribution in [2.24, 2.45) is 5.41 Å². The van der Waals surface area contributed by atoms with Crippen molar-refractivity contribution in [1.82, 2.24) is 15.8 Å². The topological polar surface area (TPSA) is 85.6 Å². The summed E-state index contributed by atoms with van der Waals surface area (Å²) in [5.74, 6) is 1.20. The van der Waals surface area contributed by atoms with Gasteiger partial charge in [-0.25, -0.2) is 0 Å². The summed E-state index contributed by atoms with van der Waals surface area (Å²) < 4.78 is 16.5. The fourth-order valence-corrected chi connectivity index (χ4v) is 3.74. The number of piperidine rings is 1. The zero-order chi connectivity index (χ0) is 18.4. The van der Waals surface area contributed by atoms with Crippen molar-refractivity contribution < 1.29 is 18.8 Å². The molecule has 2 aliphatic heterocycles. The quantitative estimate of drug-likeness (QED) is 0.681. The first-order chi connectivity index (χ1) is 12.6. The van der Waals surface area contributed by atoms with Gasteiger partial charge >= 0.3 is 0 Å². The Morgan fingerprint density at radius 2 is 2.27 bits per heavy atom. The molecule has 7 heteroatoms. The third-order valence-electron chi connectivity index (χ3n) is 5.32. The van der Waals surface area contributed by atoms with Crippen molar-refractivity contribution in [3.8, 4) is 0 Å². The number of hydrogen-bond donors (Lipinski definition) is 2. The van der Waals surface area contributed by atoms with Crippen LogP contribution in [0.5, 0.6) is 0 Å². The molecule has 3 rings (SSSR count). The Morgan fingerprint density at radius 1 is 1.46 bits per heavy atom. The van der Waals surface area contributed by atoms with E-state index in [1.807, 2.05) is 19.9 Å². The van der Waals surface area contributed by atoms with Crippen molar-refractivity contribution in [1.29, 1.82) is 0 Å². The van der Waals surface area contributed by atoms with Crippen LogP contribution in [0.4, 0.5) is 0 Å². The van der Waals surface area contributed by atoms with E-state index in [0.717, 1.165) is 50.4 Å². The molecule has 0 aliphatic carbocycles. The van der Waals surface area contributed by atoms with Crippen molar-refractivity contribution in [2.75, 3.05) is 39.5 Å². The van der Waals surface area contributed by atoms with Gasteiger partial charge in [0, 0.05) is 31.6 Å². The molecule has 2 fully saturated rings. The fourth-order valence-electron chi connectivity index (χ4n) is 3.74. The number of nitrogens with zero attached hydrogens (tertiary/aromatic N) is 1. The summed E-state index contributed by atoms with van der Waals surface area (Å²) in [6, 6.07) is 2.01. The molecule has 1 aromatic rings. The van der Waals surface area contributed by atoms with E-state index in [1.165, 1.54) is 0 Å². The van der Waals surface area contributed by atoms with Gasteiger partial charge in [0.1, 0.15) is 5.76 Å². The Bertz CT molecular complexity index is 575. The van der Waals surface area contributed by atoms with E-state index in [2.05, 4.69) is 15.8 Å². The van der Waals surface area contributed by atoms with Gasteiger partial charge in [-0.15, -0.1) is 0 Å². The number of nitrogens with one attached hydrogen (secondary N) is 2. The van der Waals surface area contributed by atoms with Crippen molar-refractivity contribution >= 4 is 5.91 Å². The summed E-state index contributed by atoms with van der Waals surface area (Å²) in [6.45, 7) is 8.22. The molecule has 1 atom stereocenters. The first kappa shape index (κ1) is 19.3. The summed E-state index contributed by atoms with van der Waals surface area (Å²) >= 11 is 0. The van der Waals surface area contributed by atoms with E-state index >= 15 is 0 Å². The van der Waals surface area contributed by atoms with Gasteiger partial charge in [0.15, 0.2) is 0 Å². The summed E-state index contributed by atoms with van der Waals surface area (Å²) in [5, 5.41) is 10.6. The lowest BCUT2D eigenvalue weighted by Crippen LogP contribution is -2.49. The summed E-state index contributed by atoms with van der Waals surface area (Å²) in [4.78, 5) is 13.0. The lowest BCUT2D eigenvalue weighted by Gasteiger charge is -2.35. The van der Waals surface area contributed by atoms with Gasteiger partial charge < -0.3 is 24.6 Å². The third-order valence-corrected chi connectivity index (χ3v) is 5.32. The monoisotopic (exact) mass is 365 g/mol. The second kappa shape index (κ2) is 8.97. The maximum Gasteiger partial charge on any atom is 0.226 e. The van der Waals surface area contributed by atoms with E-state index in [9.17, 15) is 4.79 Å². The Morgan fingerprint density at radius 3 is 2.96 bits per heavy atom. The van der Waals surface area contributed by atoms with E-state index < -0.39 is 5.41 Å². The number of rotatable bonds is 8. The summed E-state index contributed by atoms with van der Waals surface area (Å²) in [6.07, 6.45) is 3.34. The maximum atomic E-state index is 13.0. The molecule has 2 N–H and O–H groups in total. The van der Waals surface area contributed by atoms with Crippen LogP contribution in [-0.2, 0) is 20.7 Å². The van der Waals surface area contributed by atoms with Gasteiger partial charge in [0.25, 0.3) is 0 Å². The molecular formula is C19H31N3O4. The minimum absolute atomic E-state index is 0.0912. The molecule has 0 aromatic carbocycles. The lowest BCUT2D eigenvalue weighted by atomic mass is 9.74. The standard InChI is InChI=1S/C19H31N3O4/c1-14(2)25-10-8-21-18(23)19(4-6-20-7-5-19)12-16-11-17(22-26-16)15-3-9-24-13-15/h11,14-15,20H,3-10,12-13H2,1-2H3,(H,21,23). The SMILES string of the molecule is CC(C)OCCNC(=O)C1(Cc2cc(C3CCOC3)no2)CCNCC1. The number of amides is 1. The highest BCUT2D eigenvalue weighted by atomic mass is 16.5. The average molecular weight is 365 g/mol. The molecule has 2 saturated heterocycles. The zero-order valence-corrected chi connectivity index (χ0v) is 15.9. The first-order valence-electron chi connectivity index (χ1n) is 9.73.